The van der Waals surface area contributed by atoms with Crippen molar-refractivity contribution in [2.24, 2.45) is 0 Å². The Morgan fingerprint density at radius 1 is 1.09 bits per heavy atom. The van der Waals surface area contributed by atoms with Crippen LogP contribution < -0.4 is 5.32 Å². The van der Waals surface area contributed by atoms with Crippen LogP contribution in [0.15, 0.2) is 48.7 Å². The third-order valence-electron chi connectivity index (χ3n) is 3.96. The van der Waals surface area contributed by atoms with Gasteiger partial charge in [0.1, 0.15) is 0 Å². The fraction of sp³-hybridized carbons (Fsp3) is 0.263. The fourth-order valence-corrected chi connectivity index (χ4v) is 2.56. The van der Waals surface area contributed by atoms with Crippen molar-refractivity contribution in [3.8, 4) is 0 Å². The molecule has 0 radical (unpaired) electrons. The summed E-state index contributed by atoms with van der Waals surface area (Å²) in [6, 6.07) is 14.4. The summed E-state index contributed by atoms with van der Waals surface area (Å²) in [5.41, 5.74) is 4.62. The summed E-state index contributed by atoms with van der Waals surface area (Å²) in [6.45, 7) is 5.27. The highest BCUT2D eigenvalue weighted by Gasteiger charge is 2.06. The van der Waals surface area contributed by atoms with Crippen molar-refractivity contribution < 1.29 is 4.79 Å². The Hall–Kier alpha value is -2.62. The minimum atomic E-state index is 0.0434. The molecule has 0 aliphatic heterocycles. The van der Waals surface area contributed by atoms with Gasteiger partial charge in [-0.05, 0) is 31.0 Å². The molecule has 0 saturated carbocycles. The van der Waals surface area contributed by atoms with E-state index in [1.165, 1.54) is 11.1 Å². The van der Waals surface area contributed by atoms with Crippen LogP contribution in [0.4, 0.5) is 0 Å². The maximum absolute atomic E-state index is 12.0. The van der Waals surface area contributed by atoms with Gasteiger partial charge >= 0.3 is 0 Å². The van der Waals surface area contributed by atoms with Gasteiger partial charge in [-0.3, -0.25) is 9.48 Å². The van der Waals surface area contributed by atoms with E-state index in [2.05, 4.69) is 54.6 Å². The van der Waals surface area contributed by atoms with E-state index in [4.69, 9.17) is 0 Å². The highest BCUT2D eigenvalue weighted by Crippen LogP contribution is 2.15. The second-order valence-electron chi connectivity index (χ2n) is 5.94. The van der Waals surface area contributed by atoms with Gasteiger partial charge in [0.2, 0.25) is 5.91 Å². The summed E-state index contributed by atoms with van der Waals surface area (Å²) >= 11 is 0. The summed E-state index contributed by atoms with van der Waals surface area (Å²) in [5, 5.41) is 8.44. The van der Waals surface area contributed by atoms with E-state index >= 15 is 0 Å². The van der Waals surface area contributed by atoms with E-state index in [0.29, 0.717) is 19.5 Å². The zero-order chi connectivity index (χ0) is 16.2. The van der Waals surface area contributed by atoms with Crippen molar-refractivity contribution in [1.82, 2.24) is 15.1 Å². The zero-order valence-corrected chi connectivity index (χ0v) is 13.5. The van der Waals surface area contributed by atoms with E-state index in [-0.39, 0.29) is 5.91 Å². The Kier molecular flexibility index (Phi) is 4.42. The first-order valence-corrected chi connectivity index (χ1v) is 7.86. The van der Waals surface area contributed by atoms with Crippen molar-refractivity contribution in [3.05, 3.63) is 65.4 Å². The molecular weight excluding hydrogens is 286 g/mol. The molecule has 1 aromatic heterocycles. The lowest BCUT2D eigenvalue weighted by molar-refractivity contribution is -0.121. The van der Waals surface area contributed by atoms with Crippen molar-refractivity contribution in [2.45, 2.75) is 33.4 Å². The lowest BCUT2D eigenvalue weighted by atomic mass is 10.1. The molecule has 0 atom stereocenters. The number of carbonyl (C=O) groups excluding carboxylic acids is 1. The number of hydrogen-bond acceptors (Lipinski definition) is 2. The molecule has 0 aliphatic rings. The predicted molar refractivity (Wildman–Crippen MR) is 92.1 cm³/mol. The van der Waals surface area contributed by atoms with Gasteiger partial charge < -0.3 is 5.32 Å². The standard InChI is InChI=1S/C19H21N3O/c1-14-3-6-16(7-4-14)12-20-19(23)9-10-22-18-11-15(2)5-8-17(18)13-21-22/h3-8,11,13H,9-10,12H2,1-2H3,(H,20,23). The summed E-state index contributed by atoms with van der Waals surface area (Å²) < 4.78 is 1.90. The van der Waals surface area contributed by atoms with Crippen LogP contribution in [0.25, 0.3) is 10.9 Å². The number of amides is 1. The molecule has 1 heterocycles. The molecule has 0 aliphatic carbocycles. The molecule has 0 bridgehead atoms. The molecule has 3 aromatic rings. The van der Waals surface area contributed by atoms with Crippen molar-refractivity contribution in [3.63, 3.8) is 0 Å². The number of hydrogen-bond donors (Lipinski definition) is 1. The van der Waals surface area contributed by atoms with Gasteiger partial charge in [0.05, 0.1) is 18.3 Å². The number of aryl methyl sites for hydroxylation is 3. The second-order valence-corrected chi connectivity index (χ2v) is 5.94. The average Bonchev–Trinajstić information content (AvgIpc) is 2.94. The fourth-order valence-electron chi connectivity index (χ4n) is 2.56. The van der Waals surface area contributed by atoms with Crippen LogP contribution in [0.1, 0.15) is 23.1 Å². The van der Waals surface area contributed by atoms with Gasteiger partial charge in [-0.25, -0.2) is 0 Å². The number of benzene rings is 2. The number of nitrogens with zero attached hydrogens (tertiary/aromatic N) is 2. The first-order valence-electron chi connectivity index (χ1n) is 7.86. The Morgan fingerprint density at radius 2 is 1.83 bits per heavy atom. The third kappa shape index (κ3) is 3.77. The van der Waals surface area contributed by atoms with E-state index < -0.39 is 0 Å². The highest BCUT2D eigenvalue weighted by molar-refractivity contribution is 5.80. The molecular formula is C19H21N3O. The Bertz CT molecular complexity index is 818. The predicted octanol–water partition coefficient (Wildman–Crippen LogP) is 3.36. The van der Waals surface area contributed by atoms with Crippen LogP contribution in [0.5, 0.6) is 0 Å². The van der Waals surface area contributed by atoms with Crippen LogP contribution in [0, 0.1) is 13.8 Å². The molecule has 4 nitrogen and oxygen atoms in total. The van der Waals surface area contributed by atoms with Crippen LogP contribution >= 0.6 is 0 Å². The van der Waals surface area contributed by atoms with Crippen LogP contribution in [-0.2, 0) is 17.9 Å². The highest BCUT2D eigenvalue weighted by atomic mass is 16.1. The van der Waals surface area contributed by atoms with Gasteiger partial charge in [0.25, 0.3) is 0 Å². The Labute approximate surface area is 136 Å². The van der Waals surface area contributed by atoms with Crippen LogP contribution in [-0.4, -0.2) is 15.7 Å². The average molecular weight is 307 g/mol. The van der Waals surface area contributed by atoms with Crippen molar-refractivity contribution in [2.75, 3.05) is 0 Å². The molecule has 4 heteroatoms. The number of aromatic nitrogens is 2. The molecule has 1 amide bonds. The minimum Gasteiger partial charge on any atom is -0.352 e. The second kappa shape index (κ2) is 6.65. The quantitative estimate of drug-likeness (QED) is 0.785. The van der Waals surface area contributed by atoms with Gasteiger partial charge in [-0.1, -0.05) is 42.0 Å². The monoisotopic (exact) mass is 307 g/mol. The van der Waals surface area contributed by atoms with E-state index in [1.807, 2.05) is 23.0 Å². The molecule has 0 saturated heterocycles. The van der Waals surface area contributed by atoms with Gasteiger partial charge in [-0.2, -0.15) is 5.10 Å². The first kappa shape index (κ1) is 15.3. The first-order chi connectivity index (χ1) is 11.1. The lowest BCUT2D eigenvalue weighted by Gasteiger charge is -2.07. The minimum absolute atomic E-state index is 0.0434. The molecule has 3 rings (SSSR count). The van der Waals surface area contributed by atoms with Crippen molar-refractivity contribution in [1.29, 1.82) is 0 Å². The number of rotatable bonds is 5. The summed E-state index contributed by atoms with van der Waals surface area (Å²) in [7, 11) is 0. The van der Waals surface area contributed by atoms with Crippen molar-refractivity contribution >= 4 is 16.8 Å². The van der Waals surface area contributed by atoms with Gasteiger partial charge in [0, 0.05) is 18.4 Å². The number of fused-ring (bicyclic) bond motifs is 1. The van der Waals surface area contributed by atoms with E-state index in [0.717, 1.165) is 16.5 Å². The molecule has 0 unspecified atom stereocenters. The maximum Gasteiger partial charge on any atom is 0.222 e. The maximum atomic E-state index is 12.0. The van der Waals surface area contributed by atoms with E-state index in [1.54, 1.807) is 0 Å². The normalized spacial score (nSPS) is 10.9. The Morgan fingerprint density at radius 3 is 2.61 bits per heavy atom. The van der Waals surface area contributed by atoms with Crippen LogP contribution in [0.2, 0.25) is 0 Å². The smallest absolute Gasteiger partial charge is 0.222 e. The molecule has 2 aromatic carbocycles. The summed E-state index contributed by atoms with van der Waals surface area (Å²) in [6.07, 6.45) is 2.27. The molecule has 118 valence electrons. The topological polar surface area (TPSA) is 46.9 Å². The molecule has 1 N–H and O–H groups in total. The largest absolute Gasteiger partial charge is 0.352 e. The number of nitrogens with one attached hydrogen (secondary N) is 1. The number of carbonyl (C=O) groups is 1. The Balaban J connectivity index is 1.55. The molecule has 0 fully saturated rings. The van der Waals surface area contributed by atoms with Crippen LogP contribution in [0.3, 0.4) is 0 Å². The summed E-state index contributed by atoms with van der Waals surface area (Å²) in [5.74, 6) is 0.0434. The summed E-state index contributed by atoms with van der Waals surface area (Å²) in [4.78, 5) is 12.0. The SMILES string of the molecule is Cc1ccc(CNC(=O)CCn2ncc3ccc(C)cc32)cc1. The lowest BCUT2D eigenvalue weighted by Crippen LogP contribution is -2.24. The zero-order valence-electron chi connectivity index (χ0n) is 13.5. The van der Waals surface area contributed by atoms with Gasteiger partial charge in [0.15, 0.2) is 0 Å². The molecule has 0 spiro atoms. The third-order valence-corrected chi connectivity index (χ3v) is 3.96. The molecule has 23 heavy (non-hydrogen) atoms. The van der Waals surface area contributed by atoms with Gasteiger partial charge in [-0.15, -0.1) is 0 Å². The van der Waals surface area contributed by atoms with E-state index in [9.17, 15) is 4.79 Å².